The van der Waals surface area contributed by atoms with Crippen molar-refractivity contribution >= 4 is 17.3 Å². The second-order valence-corrected chi connectivity index (χ2v) is 2.83. The molecule has 4 N–H and O–H groups in total. The number of amides is 1. The van der Waals surface area contributed by atoms with Gasteiger partial charge in [0.1, 0.15) is 0 Å². The summed E-state index contributed by atoms with van der Waals surface area (Å²) in [5, 5.41) is 0. The SMILES string of the molecule is C=C1NNC(=O)c2cccc(N)c21. The van der Waals surface area contributed by atoms with Crippen molar-refractivity contribution in [1.82, 2.24) is 10.9 Å². The van der Waals surface area contributed by atoms with Crippen LogP contribution in [0.4, 0.5) is 5.69 Å². The standard InChI is InChI=1S/C9H9N3O/c1-5-8-6(9(13)12-11-5)3-2-4-7(8)10/h2-4,11H,1,10H2,(H,12,13). The molecule has 0 aliphatic carbocycles. The molecule has 1 aromatic rings. The molecule has 0 saturated heterocycles. The van der Waals surface area contributed by atoms with Gasteiger partial charge in [-0.2, -0.15) is 0 Å². The maximum absolute atomic E-state index is 11.3. The van der Waals surface area contributed by atoms with Crippen molar-refractivity contribution in [3.05, 3.63) is 35.9 Å². The summed E-state index contributed by atoms with van der Waals surface area (Å²) in [4.78, 5) is 11.3. The van der Waals surface area contributed by atoms with E-state index in [1.54, 1.807) is 18.2 Å². The summed E-state index contributed by atoms with van der Waals surface area (Å²) in [7, 11) is 0. The Bertz CT molecular complexity index is 398. The first-order chi connectivity index (χ1) is 6.20. The quantitative estimate of drug-likeness (QED) is 0.502. The van der Waals surface area contributed by atoms with Crippen molar-refractivity contribution in [3.63, 3.8) is 0 Å². The van der Waals surface area contributed by atoms with Crippen LogP contribution in [-0.4, -0.2) is 5.91 Å². The molecule has 1 heterocycles. The molecule has 66 valence electrons. The Morgan fingerprint density at radius 3 is 2.77 bits per heavy atom. The lowest BCUT2D eigenvalue weighted by atomic mass is 10.0. The van der Waals surface area contributed by atoms with Crippen LogP contribution in [0.5, 0.6) is 0 Å². The van der Waals surface area contributed by atoms with Crippen LogP contribution in [0.1, 0.15) is 15.9 Å². The topological polar surface area (TPSA) is 67.1 Å². The number of hydrogen-bond acceptors (Lipinski definition) is 3. The van der Waals surface area contributed by atoms with Gasteiger partial charge in [0, 0.05) is 11.3 Å². The molecule has 0 fully saturated rings. The van der Waals surface area contributed by atoms with E-state index in [0.717, 1.165) is 0 Å². The lowest BCUT2D eigenvalue weighted by molar-refractivity contribution is 0.0937. The number of carbonyl (C=O) groups excluding carboxylic acids is 1. The van der Waals surface area contributed by atoms with E-state index in [-0.39, 0.29) is 5.91 Å². The van der Waals surface area contributed by atoms with Crippen LogP contribution < -0.4 is 16.6 Å². The van der Waals surface area contributed by atoms with Crippen molar-refractivity contribution in [2.24, 2.45) is 0 Å². The van der Waals surface area contributed by atoms with E-state index in [0.29, 0.717) is 22.5 Å². The predicted octanol–water partition coefficient (Wildman–Crippen LogP) is 0.488. The zero-order chi connectivity index (χ0) is 9.42. The average Bonchev–Trinajstić information content (AvgIpc) is 2.12. The number of fused-ring (bicyclic) bond motifs is 1. The van der Waals surface area contributed by atoms with Gasteiger partial charge in [0.05, 0.1) is 11.3 Å². The molecule has 13 heavy (non-hydrogen) atoms. The maximum atomic E-state index is 11.3. The first-order valence-corrected chi connectivity index (χ1v) is 3.84. The smallest absolute Gasteiger partial charge is 0.270 e. The average molecular weight is 175 g/mol. The van der Waals surface area contributed by atoms with Crippen molar-refractivity contribution in [2.45, 2.75) is 0 Å². The van der Waals surface area contributed by atoms with Crippen LogP contribution in [0.25, 0.3) is 5.70 Å². The molecule has 0 unspecified atom stereocenters. The van der Waals surface area contributed by atoms with Gasteiger partial charge in [-0.1, -0.05) is 12.6 Å². The van der Waals surface area contributed by atoms with Gasteiger partial charge in [0.25, 0.3) is 5.91 Å². The van der Waals surface area contributed by atoms with E-state index in [1.165, 1.54) is 0 Å². The molecule has 4 nitrogen and oxygen atoms in total. The Balaban J connectivity index is 2.70. The minimum absolute atomic E-state index is 0.185. The fourth-order valence-corrected chi connectivity index (χ4v) is 1.36. The lowest BCUT2D eigenvalue weighted by Crippen LogP contribution is -2.41. The Morgan fingerprint density at radius 1 is 1.31 bits per heavy atom. The third-order valence-corrected chi connectivity index (χ3v) is 1.97. The highest BCUT2D eigenvalue weighted by molar-refractivity contribution is 6.03. The highest BCUT2D eigenvalue weighted by atomic mass is 16.2. The van der Waals surface area contributed by atoms with Gasteiger partial charge in [-0.3, -0.25) is 15.6 Å². The first kappa shape index (κ1) is 7.67. The molecule has 1 aliphatic heterocycles. The fourth-order valence-electron chi connectivity index (χ4n) is 1.36. The van der Waals surface area contributed by atoms with Crippen LogP contribution in [0.15, 0.2) is 24.8 Å². The van der Waals surface area contributed by atoms with Gasteiger partial charge in [-0.05, 0) is 12.1 Å². The summed E-state index contributed by atoms with van der Waals surface area (Å²) in [6, 6.07) is 5.20. The number of hydrazine groups is 1. The zero-order valence-corrected chi connectivity index (χ0v) is 6.92. The van der Waals surface area contributed by atoms with E-state index in [2.05, 4.69) is 17.4 Å². The van der Waals surface area contributed by atoms with E-state index in [1.807, 2.05) is 0 Å². The maximum Gasteiger partial charge on any atom is 0.270 e. The summed E-state index contributed by atoms with van der Waals surface area (Å²) in [5.41, 5.74) is 13.3. The number of anilines is 1. The van der Waals surface area contributed by atoms with E-state index in [4.69, 9.17) is 5.73 Å². The molecule has 0 spiro atoms. The summed E-state index contributed by atoms with van der Waals surface area (Å²) < 4.78 is 0. The zero-order valence-electron chi connectivity index (χ0n) is 6.92. The minimum atomic E-state index is -0.185. The Morgan fingerprint density at radius 2 is 2.08 bits per heavy atom. The molecule has 0 saturated carbocycles. The van der Waals surface area contributed by atoms with Crippen LogP contribution in [-0.2, 0) is 0 Å². The predicted molar refractivity (Wildman–Crippen MR) is 50.5 cm³/mol. The number of nitrogens with one attached hydrogen (secondary N) is 2. The van der Waals surface area contributed by atoms with Crippen LogP contribution >= 0.6 is 0 Å². The number of rotatable bonds is 0. The molecule has 4 heteroatoms. The van der Waals surface area contributed by atoms with Gasteiger partial charge < -0.3 is 5.73 Å². The van der Waals surface area contributed by atoms with Crippen molar-refractivity contribution in [3.8, 4) is 0 Å². The molecule has 0 radical (unpaired) electrons. The molecule has 1 aliphatic rings. The molecule has 1 aromatic carbocycles. The van der Waals surface area contributed by atoms with Gasteiger partial charge in [-0.25, -0.2) is 0 Å². The van der Waals surface area contributed by atoms with Crippen LogP contribution in [0, 0.1) is 0 Å². The molecule has 0 aromatic heterocycles. The second-order valence-electron chi connectivity index (χ2n) is 2.83. The normalized spacial score (nSPS) is 14.5. The monoisotopic (exact) mass is 175 g/mol. The molecule has 2 rings (SSSR count). The minimum Gasteiger partial charge on any atom is -0.398 e. The second kappa shape index (κ2) is 2.52. The van der Waals surface area contributed by atoms with E-state index >= 15 is 0 Å². The lowest BCUT2D eigenvalue weighted by Gasteiger charge is -2.21. The number of hydrogen-bond donors (Lipinski definition) is 3. The van der Waals surface area contributed by atoms with E-state index in [9.17, 15) is 4.79 Å². The van der Waals surface area contributed by atoms with Gasteiger partial charge >= 0.3 is 0 Å². The molecule has 0 atom stereocenters. The van der Waals surface area contributed by atoms with Gasteiger partial charge in [0.15, 0.2) is 0 Å². The summed E-state index contributed by atoms with van der Waals surface area (Å²) >= 11 is 0. The molecule has 1 amide bonds. The van der Waals surface area contributed by atoms with Crippen molar-refractivity contribution in [1.29, 1.82) is 0 Å². The molecular weight excluding hydrogens is 166 g/mol. The van der Waals surface area contributed by atoms with Crippen molar-refractivity contribution < 1.29 is 4.79 Å². The van der Waals surface area contributed by atoms with Crippen LogP contribution in [0.3, 0.4) is 0 Å². The number of carbonyl (C=O) groups is 1. The molecular formula is C9H9N3O. The fraction of sp³-hybridized carbons (Fsp3) is 0. The Kier molecular flexibility index (Phi) is 1.48. The highest BCUT2D eigenvalue weighted by Gasteiger charge is 2.20. The third-order valence-electron chi connectivity index (χ3n) is 1.97. The van der Waals surface area contributed by atoms with Gasteiger partial charge in [-0.15, -0.1) is 0 Å². The number of benzene rings is 1. The third kappa shape index (κ3) is 1.03. The number of nitrogens with two attached hydrogens (primary N) is 1. The van der Waals surface area contributed by atoms with Crippen molar-refractivity contribution in [2.75, 3.05) is 5.73 Å². The first-order valence-electron chi connectivity index (χ1n) is 3.84. The van der Waals surface area contributed by atoms with E-state index < -0.39 is 0 Å². The molecule has 0 bridgehead atoms. The summed E-state index contributed by atoms with van der Waals surface area (Å²) in [6.45, 7) is 3.74. The summed E-state index contributed by atoms with van der Waals surface area (Å²) in [6.07, 6.45) is 0. The van der Waals surface area contributed by atoms with Crippen LogP contribution in [0.2, 0.25) is 0 Å². The largest absolute Gasteiger partial charge is 0.398 e. The summed E-state index contributed by atoms with van der Waals surface area (Å²) in [5.74, 6) is -0.185. The Hall–Kier alpha value is -1.97. The highest BCUT2D eigenvalue weighted by Crippen LogP contribution is 2.24. The van der Waals surface area contributed by atoms with Gasteiger partial charge in [0.2, 0.25) is 0 Å². The number of nitrogen functional groups attached to an aromatic ring is 1. The Labute approximate surface area is 75.4 Å².